The molecule has 1 rings (SSSR count). The minimum Gasteiger partial charge on any atom is -0.481 e. The van der Waals surface area contributed by atoms with Gasteiger partial charge in [0.25, 0.3) is 0 Å². The van der Waals surface area contributed by atoms with Crippen LogP contribution in [0, 0.1) is 11.3 Å². The average Bonchev–Trinajstić information content (AvgIpc) is 2.68. The molecule has 1 amide bonds. The molecule has 1 unspecified atom stereocenters. The third kappa shape index (κ3) is 3.72. The van der Waals surface area contributed by atoms with E-state index in [1.807, 2.05) is 13.8 Å². The number of nitrogens with one attached hydrogen (secondary N) is 1. The van der Waals surface area contributed by atoms with Gasteiger partial charge < -0.3 is 10.4 Å². The minimum atomic E-state index is -0.878. The van der Waals surface area contributed by atoms with E-state index in [4.69, 9.17) is 5.11 Å². The van der Waals surface area contributed by atoms with Crippen molar-refractivity contribution in [3.8, 4) is 0 Å². The van der Waals surface area contributed by atoms with E-state index in [1.165, 1.54) is 12.8 Å². The van der Waals surface area contributed by atoms with E-state index in [1.54, 1.807) is 6.92 Å². The van der Waals surface area contributed by atoms with Crippen molar-refractivity contribution in [1.82, 2.24) is 5.32 Å². The number of carboxylic acid groups (broad SMARTS) is 1. The topological polar surface area (TPSA) is 66.4 Å². The van der Waals surface area contributed by atoms with E-state index in [0.717, 1.165) is 12.8 Å². The molecule has 0 aromatic carbocycles. The van der Waals surface area contributed by atoms with E-state index in [-0.39, 0.29) is 23.8 Å². The van der Waals surface area contributed by atoms with Crippen molar-refractivity contribution in [2.75, 3.05) is 0 Å². The Hall–Kier alpha value is -1.06. The first kappa shape index (κ1) is 14.0. The van der Waals surface area contributed by atoms with Crippen molar-refractivity contribution in [2.45, 2.75) is 58.9 Å². The summed E-state index contributed by atoms with van der Waals surface area (Å²) >= 11 is 0. The number of amides is 1. The highest BCUT2D eigenvalue weighted by Gasteiger charge is 2.38. The summed E-state index contributed by atoms with van der Waals surface area (Å²) in [6.07, 6.45) is 4.59. The number of hydrogen-bond acceptors (Lipinski definition) is 2. The molecule has 1 aliphatic rings. The third-order valence-electron chi connectivity index (χ3n) is 3.82. The Bertz CT molecular complexity index is 293. The van der Waals surface area contributed by atoms with Crippen molar-refractivity contribution in [1.29, 1.82) is 0 Å². The maximum Gasteiger partial charge on any atom is 0.305 e. The van der Waals surface area contributed by atoms with E-state index in [0.29, 0.717) is 5.92 Å². The summed E-state index contributed by atoms with van der Waals surface area (Å²) in [5.74, 6) is -0.464. The Labute approximate surface area is 103 Å². The molecule has 0 bridgehead atoms. The molecule has 0 aromatic rings. The van der Waals surface area contributed by atoms with Gasteiger partial charge in [0.15, 0.2) is 0 Å². The Balaban J connectivity index is 2.52. The molecular formula is C13H23NO3. The summed E-state index contributed by atoms with van der Waals surface area (Å²) in [6.45, 7) is 5.66. The van der Waals surface area contributed by atoms with Crippen molar-refractivity contribution in [3.05, 3.63) is 0 Å². The van der Waals surface area contributed by atoms with Gasteiger partial charge in [-0.3, -0.25) is 9.59 Å². The van der Waals surface area contributed by atoms with Gasteiger partial charge in [0.2, 0.25) is 5.91 Å². The average molecular weight is 241 g/mol. The molecule has 0 radical (unpaired) electrons. The van der Waals surface area contributed by atoms with Crippen molar-refractivity contribution >= 4 is 11.9 Å². The van der Waals surface area contributed by atoms with Crippen LogP contribution in [0.1, 0.15) is 52.9 Å². The van der Waals surface area contributed by atoms with Gasteiger partial charge in [-0.25, -0.2) is 0 Å². The molecular weight excluding hydrogens is 218 g/mol. The smallest absolute Gasteiger partial charge is 0.305 e. The molecule has 0 heterocycles. The molecule has 1 aliphatic carbocycles. The summed E-state index contributed by atoms with van der Waals surface area (Å²) in [7, 11) is 0. The summed E-state index contributed by atoms with van der Waals surface area (Å²) in [6, 6.07) is -0.305. The highest BCUT2D eigenvalue weighted by Crippen LogP contribution is 2.39. The lowest BCUT2D eigenvalue weighted by molar-refractivity contribution is -0.138. The first-order valence-corrected chi connectivity index (χ1v) is 6.36. The zero-order valence-electron chi connectivity index (χ0n) is 11.0. The number of carboxylic acids is 1. The molecule has 1 saturated carbocycles. The van der Waals surface area contributed by atoms with Crippen LogP contribution < -0.4 is 5.32 Å². The lowest BCUT2D eigenvalue weighted by Crippen LogP contribution is -2.45. The van der Waals surface area contributed by atoms with Gasteiger partial charge in [0.1, 0.15) is 0 Å². The van der Waals surface area contributed by atoms with E-state index >= 15 is 0 Å². The number of carbonyl (C=O) groups is 2. The van der Waals surface area contributed by atoms with E-state index in [9.17, 15) is 9.59 Å². The Morgan fingerprint density at radius 2 is 1.88 bits per heavy atom. The highest BCUT2D eigenvalue weighted by molar-refractivity contribution is 5.83. The van der Waals surface area contributed by atoms with Crippen LogP contribution >= 0.6 is 0 Å². The molecule has 0 aromatic heterocycles. The number of aliphatic carboxylic acids is 1. The molecule has 4 heteroatoms. The third-order valence-corrected chi connectivity index (χ3v) is 3.82. The van der Waals surface area contributed by atoms with Crippen LogP contribution in [0.25, 0.3) is 0 Å². The zero-order chi connectivity index (χ0) is 13.1. The fourth-order valence-corrected chi connectivity index (χ4v) is 2.56. The van der Waals surface area contributed by atoms with Gasteiger partial charge in [-0.1, -0.05) is 26.7 Å². The molecule has 17 heavy (non-hydrogen) atoms. The van der Waals surface area contributed by atoms with Gasteiger partial charge in [0.05, 0.1) is 6.42 Å². The van der Waals surface area contributed by atoms with E-state index < -0.39 is 5.97 Å². The molecule has 0 spiro atoms. The normalized spacial score (nSPS) is 19.0. The number of hydrogen-bond donors (Lipinski definition) is 2. The molecule has 4 nitrogen and oxygen atoms in total. The Morgan fingerprint density at radius 1 is 1.35 bits per heavy atom. The van der Waals surface area contributed by atoms with E-state index in [2.05, 4.69) is 5.32 Å². The first-order chi connectivity index (χ1) is 7.84. The van der Waals surface area contributed by atoms with Crippen LogP contribution in [0.5, 0.6) is 0 Å². The monoisotopic (exact) mass is 241 g/mol. The van der Waals surface area contributed by atoms with Crippen LogP contribution in [0.4, 0.5) is 0 Å². The van der Waals surface area contributed by atoms with Gasteiger partial charge in [-0.15, -0.1) is 0 Å². The zero-order valence-corrected chi connectivity index (χ0v) is 11.0. The quantitative estimate of drug-likeness (QED) is 0.775. The van der Waals surface area contributed by atoms with Crippen LogP contribution in [0.2, 0.25) is 0 Å². The molecule has 1 atom stereocenters. The SMILES string of the molecule is CC(CC(=O)O)NC(=O)C(C)(C)C1CCCC1. The van der Waals surface area contributed by atoms with Gasteiger partial charge in [0, 0.05) is 11.5 Å². The fraction of sp³-hybridized carbons (Fsp3) is 0.846. The van der Waals surface area contributed by atoms with Crippen molar-refractivity contribution in [2.24, 2.45) is 11.3 Å². The first-order valence-electron chi connectivity index (χ1n) is 6.36. The second-order valence-electron chi connectivity index (χ2n) is 5.68. The lowest BCUT2D eigenvalue weighted by atomic mass is 9.77. The second-order valence-corrected chi connectivity index (χ2v) is 5.68. The Kier molecular flexibility index (Phi) is 4.54. The predicted octanol–water partition coefficient (Wildman–Crippen LogP) is 2.18. The van der Waals surface area contributed by atoms with Gasteiger partial charge >= 0.3 is 5.97 Å². The predicted molar refractivity (Wildman–Crippen MR) is 65.6 cm³/mol. The molecule has 2 N–H and O–H groups in total. The molecule has 0 saturated heterocycles. The standard InChI is InChI=1S/C13H23NO3/c1-9(8-11(15)16)14-12(17)13(2,3)10-6-4-5-7-10/h9-10H,4-8H2,1-3H3,(H,14,17)(H,15,16). The largest absolute Gasteiger partial charge is 0.481 e. The maximum absolute atomic E-state index is 12.1. The lowest BCUT2D eigenvalue weighted by Gasteiger charge is -2.31. The fourth-order valence-electron chi connectivity index (χ4n) is 2.56. The summed E-state index contributed by atoms with van der Waals surface area (Å²) in [5.41, 5.74) is -0.386. The minimum absolute atomic E-state index is 0.0156. The summed E-state index contributed by atoms with van der Waals surface area (Å²) in [4.78, 5) is 22.7. The van der Waals surface area contributed by atoms with Crippen LogP contribution in [-0.2, 0) is 9.59 Å². The number of rotatable bonds is 5. The Morgan fingerprint density at radius 3 is 2.35 bits per heavy atom. The van der Waals surface area contributed by atoms with Gasteiger partial charge in [-0.05, 0) is 25.7 Å². The highest BCUT2D eigenvalue weighted by atomic mass is 16.4. The van der Waals surface area contributed by atoms with Crippen LogP contribution in [0.3, 0.4) is 0 Å². The van der Waals surface area contributed by atoms with Crippen LogP contribution in [0.15, 0.2) is 0 Å². The van der Waals surface area contributed by atoms with Gasteiger partial charge in [-0.2, -0.15) is 0 Å². The molecule has 0 aliphatic heterocycles. The van der Waals surface area contributed by atoms with Crippen molar-refractivity contribution in [3.63, 3.8) is 0 Å². The molecule has 1 fully saturated rings. The summed E-state index contributed by atoms with van der Waals surface area (Å²) in [5, 5.41) is 11.5. The van der Waals surface area contributed by atoms with Crippen LogP contribution in [-0.4, -0.2) is 23.0 Å². The molecule has 98 valence electrons. The number of carbonyl (C=O) groups excluding carboxylic acids is 1. The second kappa shape index (κ2) is 5.52. The maximum atomic E-state index is 12.1. The summed E-state index contributed by atoms with van der Waals surface area (Å²) < 4.78 is 0. The van der Waals surface area contributed by atoms with Crippen molar-refractivity contribution < 1.29 is 14.7 Å².